The summed E-state index contributed by atoms with van der Waals surface area (Å²) in [7, 11) is 0. The normalized spacial score (nSPS) is 38.4. The molecule has 2 nitrogen and oxygen atoms in total. The SMILES string of the molecule is C1C[C@H]2COC[C@@H]2CN1.Cl. The van der Waals surface area contributed by atoms with Gasteiger partial charge in [-0.2, -0.15) is 0 Å². The third kappa shape index (κ3) is 1.44. The molecule has 0 unspecified atom stereocenters. The molecule has 2 heterocycles. The third-order valence-electron chi connectivity index (χ3n) is 2.43. The number of hydrogen-bond donors (Lipinski definition) is 1. The van der Waals surface area contributed by atoms with E-state index in [4.69, 9.17) is 4.74 Å². The molecule has 2 aliphatic rings. The van der Waals surface area contributed by atoms with Gasteiger partial charge in [-0.3, -0.25) is 0 Å². The van der Waals surface area contributed by atoms with Gasteiger partial charge in [-0.25, -0.2) is 0 Å². The van der Waals surface area contributed by atoms with Crippen molar-refractivity contribution in [2.24, 2.45) is 11.8 Å². The molecule has 0 aromatic rings. The predicted octanol–water partition coefficient (Wildman–Crippen LogP) is 0.664. The summed E-state index contributed by atoms with van der Waals surface area (Å²) in [5.41, 5.74) is 0. The molecule has 10 heavy (non-hydrogen) atoms. The highest BCUT2D eigenvalue weighted by atomic mass is 35.5. The molecule has 2 aliphatic heterocycles. The number of fused-ring (bicyclic) bond motifs is 1. The van der Waals surface area contributed by atoms with Crippen molar-refractivity contribution in [3.8, 4) is 0 Å². The topological polar surface area (TPSA) is 21.3 Å². The van der Waals surface area contributed by atoms with Crippen LogP contribution in [0.4, 0.5) is 0 Å². The molecule has 3 heteroatoms. The van der Waals surface area contributed by atoms with Crippen LogP contribution in [0.3, 0.4) is 0 Å². The van der Waals surface area contributed by atoms with Crippen LogP contribution in [0.5, 0.6) is 0 Å². The summed E-state index contributed by atoms with van der Waals surface area (Å²) in [5.74, 6) is 1.71. The molecule has 0 aliphatic carbocycles. The highest BCUT2D eigenvalue weighted by Gasteiger charge is 2.29. The van der Waals surface area contributed by atoms with E-state index in [1.165, 1.54) is 19.5 Å². The molecule has 0 saturated carbocycles. The highest BCUT2D eigenvalue weighted by Crippen LogP contribution is 2.25. The van der Waals surface area contributed by atoms with Gasteiger partial charge >= 0.3 is 0 Å². The first-order valence-electron chi connectivity index (χ1n) is 3.75. The summed E-state index contributed by atoms with van der Waals surface area (Å²) in [5, 5.41) is 3.38. The molecule has 0 amide bonds. The maximum absolute atomic E-state index is 5.35. The van der Waals surface area contributed by atoms with E-state index in [-0.39, 0.29) is 12.4 Å². The molecular weight excluding hydrogens is 150 g/mol. The summed E-state index contributed by atoms with van der Waals surface area (Å²) < 4.78 is 5.35. The van der Waals surface area contributed by atoms with Crippen LogP contribution >= 0.6 is 12.4 Å². The smallest absolute Gasteiger partial charge is 0.0510 e. The van der Waals surface area contributed by atoms with Crippen LogP contribution in [0.1, 0.15) is 6.42 Å². The number of ether oxygens (including phenoxy) is 1. The van der Waals surface area contributed by atoms with Crippen molar-refractivity contribution >= 4 is 12.4 Å². The fourth-order valence-electron chi connectivity index (χ4n) is 1.76. The van der Waals surface area contributed by atoms with E-state index in [2.05, 4.69) is 5.32 Å². The lowest BCUT2D eigenvalue weighted by Gasteiger charge is -2.23. The lowest BCUT2D eigenvalue weighted by Crippen LogP contribution is -2.35. The van der Waals surface area contributed by atoms with Crippen molar-refractivity contribution in [3.63, 3.8) is 0 Å². The second kappa shape index (κ2) is 3.56. The Labute approximate surface area is 67.7 Å². The molecule has 0 radical (unpaired) electrons. The Morgan fingerprint density at radius 1 is 1.20 bits per heavy atom. The van der Waals surface area contributed by atoms with E-state index < -0.39 is 0 Å². The molecule has 0 aromatic heterocycles. The minimum absolute atomic E-state index is 0. The number of hydrogen-bond acceptors (Lipinski definition) is 2. The van der Waals surface area contributed by atoms with Crippen LogP contribution in [0.2, 0.25) is 0 Å². The van der Waals surface area contributed by atoms with Gasteiger partial charge in [-0.15, -0.1) is 12.4 Å². The number of rotatable bonds is 0. The van der Waals surface area contributed by atoms with Gasteiger partial charge in [0.05, 0.1) is 6.61 Å². The van der Waals surface area contributed by atoms with E-state index in [0.29, 0.717) is 0 Å². The first-order valence-corrected chi connectivity index (χ1v) is 3.75. The van der Waals surface area contributed by atoms with Crippen LogP contribution in [-0.2, 0) is 4.74 Å². The minimum atomic E-state index is 0. The summed E-state index contributed by atoms with van der Waals surface area (Å²) in [4.78, 5) is 0. The first kappa shape index (κ1) is 8.31. The number of nitrogens with one attached hydrogen (secondary N) is 1. The van der Waals surface area contributed by atoms with Crippen molar-refractivity contribution in [1.29, 1.82) is 0 Å². The van der Waals surface area contributed by atoms with Crippen molar-refractivity contribution in [2.45, 2.75) is 6.42 Å². The molecule has 2 rings (SSSR count). The Hall–Kier alpha value is 0.210. The van der Waals surface area contributed by atoms with Gasteiger partial charge in [0.25, 0.3) is 0 Å². The number of piperidine rings is 1. The van der Waals surface area contributed by atoms with E-state index in [0.717, 1.165) is 25.0 Å². The largest absolute Gasteiger partial charge is 0.381 e. The monoisotopic (exact) mass is 163 g/mol. The maximum atomic E-state index is 5.35. The molecule has 0 bridgehead atoms. The van der Waals surface area contributed by atoms with Crippen LogP contribution in [0.25, 0.3) is 0 Å². The van der Waals surface area contributed by atoms with Gasteiger partial charge in [-0.05, 0) is 24.8 Å². The van der Waals surface area contributed by atoms with Gasteiger partial charge in [0.1, 0.15) is 0 Å². The minimum Gasteiger partial charge on any atom is -0.381 e. The van der Waals surface area contributed by atoms with Crippen LogP contribution < -0.4 is 5.32 Å². The summed E-state index contributed by atoms with van der Waals surface area (Å²) >= 11 is 0. The van der Waals surface area contributed by atoms with Crippen molar-refractivity contribution in [1.82, 2.24) is 5.32 Å². The molecular formula is C7H14ClNO. The molecule has 0 aromatic carbocycles. The standard InChI is InChI=1S/C7H13NO.ClH/c1-2-8-3-7-5-9-4-6(1)7;/h6-8H,1-5H2;1H/t6-,7-;/m0./s1. The quantitative estimate of drug-likeness (QED) is 0.567. The van der Waals surface area contributed by atoms with Crippen LogP contribution in [-0.4, -0.2) is 26.3 Å². The van der Waals surface area contributed by atoms with Crippen molar-refractivity contribution in [3.05, 3.63) is 0 Å². The van der Waals surface area contributed by atoms with E-state index >= 15 is 0 Å². The maximum Gasteiger partial charge on any atom is 0.0510 e. The zero-order valence-corrected chi connectivity index (χ0v) is 6.82. The zero-order chi connectivity index (χ0) is 6.10. The Morgan fingerprint density at radius 2 is 2.00 bits per heavy atom. The molecule has 2 saturated heterocycles. The predicted molar refractivity (Wildman–Crippen MR) is 42.5 cm³/mol. The molecule has 2 fully saturated rings. The van der Waals surface area contributed by atoms with E-state index in [9.17, 15) is 0 Å². The van der Waals surface area contributed by atoms with Gasteiger partial charge in [-0.1, -0.05) is 0 Å². The van der Waals surface area contributed by atoms with E-state index in [1.54, 1.807) is 0 Å². The first-order chi connectivity index (χ1) is 4.47. The Morgan fingerprint density at radius 3 is 2.80 bits per heavy atom. The van der Waals surface area contributed by atoms with Crippen LogP contribution in [0.15, 0.2) is 0 Å². The summed E-state index contributed by atoms with van der Waals surface area (Å²) in [6.07, 6.45) is 1.32. The van der Waals surface area contributed by atoms with Gasteiger partial charge in [0.2, 0.25) is 0 Å². The number of halogens is 1. The van der Waals surface area contributed by atoms with Crippen molar-refractivity contribution < 1.29 is 4.74 Å². The van der Waals surface area contributed by atoms with Crippen molar-refractivity contribution in [2.75, 3.05) is 26.3 Å². The van der Waals surface area contributed by atoms with Gasteiger partial charge in [0, 0.05) is 13.2 Å². The highest BCUT2D eigenvalue weighted by molar-refractivity contribution is 5.85. The lowest BCUT2D eigenvalue weighted by atomic mass is 9.90. The second-order valence-electron chi connectivity index (χ2n) is 3.05. The lowest BCUT2D eigenvalue weighted by molar-refractivity contribution is 0.182. The molecule has 2 atom stereocenters. The van der Waals surface area contributed by atoms with Gasteiger partial charge < -0.3 is 10.1 Å². The molecule has 1 N–H and O–H groups in total. The van der Waals surface area contributed by atoms with E-state index in [1.807, 2.05) is 0 Å². The third-order valence-corrected chi connectivity index (χ3v) is 2.43. The Kier molecular flexibility index (Phi) is 2.96. The summed E-state index contributed by atoms with van der Waals surface area (Å²) in [6, 6.07) is 0. The Balaban J connectivity index is 0.000000500. The zero-order valence-electron chi connectivity index (χ0n) is 6.01. The average molecular weight is 164 g/mol. The van der Waals surface area contributed by atoms with Gasteiger partial charge in [0.15, 0.2) is 0 Å². The summed E-state index contributed by atoms with van der Waals surface area (Å²) in [6.45, 7) is 4.40. The molecule has 0 spiro atoms. The second-order valence-corrected chi connectivity index (χ2v) is 3.05. The average Bonchev–Trinajstić information content (AvgIpc) is 2.33. The fraction of sp³-hybridized carbons (Fsp3) is 1.00. The fourth-order valence-corrected chi connectivity index (χ4v) is 1.76. The molecule has 60 valence electrons. The van der Waals surface area contributed by atoms with Crippen LogP contribution in [0, 0.1) is 11.8 Å². The Bertz CT molecular complexity index is 97.8.